The van der Waals surface area contributed by atoms with Gasteiger partial charge in [-0.25, -0.2) is 5.01 Å². The van der Waals surface area contributed by atoms with Gasteiger partial charge >= 0.3 is 0 Å². The highest BCUT2D eigenvalue weighted by Crippen LogP contribution is 2.32. The van der Waals surface area contributed by atoms with E-state index in [-0.39, 0.29) is 6.04 Å². The summed E-state index contributed by atoms with van der Waals surface area (Å²) in [6.07, 6.45) is 0.809. The molecule has 0 fully saturated rings. The molecule has 2 aromatic carbocycles. The number of nitrogens with two attached hydrogens (primary N) is 1. The molecular weight excluding hydrogens is 290 g/mol. The second-order valence-corrected chi connectivity index (χ2v) is 6.08. The first-order valence-electron chi connectivity index (χ1n) is 7.35. The Hall–Kier alpha value is -2.20. The quantitative estimate of drug-likeness (QED) is 0.860. The van der Waals surface area contributed by atoms with E-state index in [1.807, 2.05) is 18.2 Å². The molecule has 0 bridgehead atoms. The van der Waals surface area contributed by atoms with E-state index in [9.17, 15) is 0 Å². The average molecular weight is 309 g/mol. The van der Waals surface area contributed by atoms with Gasteiger partial charge in [-0.3, -0.25) is 0 Å². The van der Waals surface area contributed by atoms with Crippen molar-refractivity contribution in [1.29, 1.82) is 0 Å². The molecule has 3 rings (SSSR count). The number of nitrogens with zero attached hydrogens (tertiary/aromatic N) is 2. The third-order valence-electron chi connectivity index (χ3n) is 4.16. The molecule has 22 heavy (non-hydrogen) atoms. The zero-order valence-electron chi connectivity index (χ0n) is 12.8. The monoisotopic (exact) mass is 309 g/mol. The lowest BCUT2D eigenvalue weighted by molar-refractivity contribution is 0.373. The molecule has 0 aliphatic carbocycles. The summed E-state index contributed by atoms with van der Waals surface area (Å²) in [5, 5.41) is 6.74. The van der Waals surface area contributed by atoms with Gasteiger partial charge in [-0.1, -0.05) is 42.5 Å². The summed E-state index contributed by atoms with van der Waals surface area (Å²) in [5.41, 5.74) is 11.8. The maximum atomic E-state index is 5.87. The second kappa shape index (κ2) is 5.89. The molecular formula is C18H19N3S. The van der Waals surface area contributed by atoms with Crippen LogP contribution in [0.3, 0.4) is 0 Å². The molecule has 1 aliphatic rings. The lowest BCUT2D eigenvalue weighted by atomic mass is 9.97. The lowest BCUT2D eigenvalue weighted by Gasteiger charge is -2.21. The minimum absolute atomic E-state index is 0.0790. The van der Waals surface area contributed by atoms with Crippen LogP contribution in [-0.4, -0.2) is 15.8 Å². The number of hydrazone groups is 1. The summed E-state index contributed by atoms with van der Waals surface area (Å²) >= 11 is 5.18. The summed E-state index contributed by atoms with van der Waals surface area (Å²) in [6, 6.07) is 16.8. The van der Waals surface area contributed by atoms with Crippen LogP contribution >= 0.6 is 12.2 Å². The first kappa shape index (κ1) is 14.7. The molecule has 0 unspecified atom stereocenters. The molecule has 0 saturated heterocycles. The molecule has 0 amide bonds. The fourth-order valence-corrected chi connectivity index (χ4v) is 2.91. The SMILES string of the molecule is Cc1ccc(C2=NN(C(N)=S)[C@H](c3ccccc3)C2)cc1C. The first-order valence-corrected chi connectivity index (χ1v) is 7.76. The number of hydrogen-bond acceptors (Lipinski definition) is 2. The van der Waals surface area contributed by atoms with E-state index in [0.717, 1.165) is 17.7 Å². The van der Waals surface area contributed by atoms with Crippen LogP contribution in [0.5, 0.6) is 0 Å². The van der Waals surface area contributed by atoms with Gasteiger partial charge in [0.15, 0.2) is 5.11 Å². The third kappa shape index (κ3) is 2.74. The number of aryl methyl sites for hydroxylation is 2. The van der Waals surface area contributed by atoms with Gasteiger partial charge in [0.2, 0.25) is 0 Å². The molecule has 1 aliphatic heterocycles. The van der Waals surface area contributed by atoms with E-state index in [2.05, 4.69) is 49.3 Å². The van der Waals surface area contributed by atoms with Crippen LogP contribution in [0.25, 0.3) is 0 Å². The summed E-state index contributed by atoms with van der Waals surface area (Å²) in [6.45, 7) is 4.23. The topological polar surface area (TPSA) is 41.6 Å². The van der Waals surface area contributed by atoms with E-state index in [1.54, 1.807) is 5.01 Å². The van der Waals surface area contributed by atoms with Gasteiger partial charge in [0.25, 0.3) is 0 Å². The molecule has 0 radical (unpaired) electrons. The van der Waals surface area contributed by atoms with Crippen molar-refractivity contribution in [2.75, 3.05) is 0 Å². The maximum absolute atomic E-state index is 5.87. The van der Waals surface area contributed by atoms with Crippen molar-refractivity contribution in [3.05, 3.63) is 70.8 Å². The Kier molecular flexibility index (Phi) is 3.94. The second-order valence-electron chi connectivity index (χ2n) is 5.66. The average Bonchev–Trinajstić information content (AvgIpc) is 2.96. The highest BCUT2D eigenvalue weighted by molar-refractivity contribution is 7.80. The van der Waals surface area contributed by atoms with Crippen molar-refractivity contribution >= 4 is 23.0 Å². The Morgan fingerprint density at radius 3 is 2.50 bits per heavy atom. The van der Waals surface area contributed by atoms with E-state index >= 15 is 0 Å². The Labute approximate surface area is 136 Å². The van der Waals surface area contributed by atoms with Crippen molar-refractivity contribution in [2.45, 2.75) is 26.3 Å². The van der Waals surface area contributed by atoms with Gasteiger partial charge in [-0.05, 0) is 54.4 Å². The predicted molar refractivity (Wildman–Crippen MR) is 94.9 cm³/mol. The number of rotatable bonds is 2. The smallest absolute Gasteiger partial charge is 0.187 e. The minimum atomic E-state index is 0.0790. The van der Waals surface area contributed by atoms with Gasteiger partial charge in [0.05, 0.1) is 11.8 Å². The summed E-state index contributed by atoms with van der Waals surface area (Å²) in [4.78, 5) is 0. The van der Waals surface area contributed by atoms with Crippen LogP contribution in [0.1, 0.15) is 34.7 Å². The van der Waals surface area contributed by atoms with Crippen LogP contribution in [0.4, 0.5) is 0 Å². The van der Waals surface area contributed by atoms with E-state index < -0.39 is 0 Å². The summed E-state index contributed by atoms with van der Waals surface area (Å²) in [5.74, 6) is 0. The highest BCUT2D eigenvalue weighted by atomic mass is 32.1. The molecule has 2 N–H and O–H groups in total. The normalized spacial score (nSPS) is 17.5. The van der Waals surface area contributed by atoms with Gasteiger partial charge in [0, 0.05) is 6.42 Å². The Balaban J connectivity index is 1.96. The molecule has 0 spiro atoms. The fraction of sp³-hybridized carbons (Fsp3) is 0.222. The van der Waals surface area contributed by atoms with Crippen molar-refractivity contribution in [1.82, 2.24) is 5.01 Å². The summed E-state index contributed by atoms with van der Waals surface area (Å²) < 4.78 is 0. The molecule has 112 valence electrons. The molecule has 3 nitrogen and oxygen atoms in total. The van der Waals surface area contributed by atoms with Gasteiger partial charge in [0.1, 0.15) is 0 Å². The minimum Gasteiger partial charge on any atom is -0.375 e. The zero-order chi connectivity index (χ0) is 15.7. The maximum Gasteiger partial charge on any atom is 0.187 e. The molecule has 1 atom stereocenters. The zero-order valence-corrected chi connectivity index (χ0v) is 13.6. The molecule has 0 aromatic heterocycles. The Morgan fingerprint density at radius 2 is 1.86 bits per heavy atom. The van der Waals surface area contributed by atoms with Gasteiger partial charge < -0.3 is 5.73 Å². The van der Waals surface area contributed by atoms with Crippen LogP contribution in [0.15, 0.2) is 53.6 Å². The van der Waals surface area contributed by atoms with Crippen molar-refractivity contribution in [2.24, 2.45) is 10.8 Å². The number of hydrogen-bond donors (Lipinski definition) is 1. The molecule has 1 heterocycles. The van der Waals surface area contributed by atoms with Gasteiger partial charge in [-0.15, -0.1) is 0 Å². The summed E-state index contributed by atoms with van der Waals surface area (Å²) in [7, 11) is 0. The van der Waals surface area contributed by atoms with Crippen LogP contribution in [0.2, 0.25) is 0 Å². The van der Waals surface area contributed by atoms with E-state index in [1.165, 1.54) is 16.7 Å². The number of thiocarbonyl (C=S) groups is 1. The van der Waals surface area contributed by atoms with E-state index in [4.69, 9.17) is 18.0 Å². The largest absolute Gasteiger partial charge is 0.375 e. The van der Waals surface area contributed by atoms with Crippen molar-refractivity contribution < 1.29 is 0 Å². The first-order chi connectivity index (χ1) is 10.6. The standard InChI is InChI=1S/C18H19N3S/c1-12-8-9-15(10-13(12)2)16-11-17(21(20-16)18(19)22)14-6-4-3-5-7-14/h3-10,17H,11H2,1-2H3,(H2,19,22)/t17-/m0/s1. The van der Waals surface area contributed by atoms with Crippen LogP contribution in [0, 0.1) is 13.8 Å². The lowest BCUT2D eigenvalue weighted by Crippen LogP contribution is -2.31. The van der Waals surface area contributed by atoms with Gasteiger partial charge in [-0.2, -0.15) is 5.10 Å². The molecule has 2 aromatic rings. The van der Waals surface area contributed by atoms with Crippen molar-refractivity contribution in [3.8, 4) is 0 Å². The predicted octanol–water partition coefficient (Wildman–Crippen LogP) is 3.70. The third-order valence-corrected chi connectivity index (χ3v) is 4.35. The van der Waals surface area contributed by atoms with Crippen molar-refractivity contribution in [3.63, 3.8) is 0 Å². The Bertz CT molecular complexity index is 737. The molecule has 4 heteroatoms. The fourth-order valence-electron chi connectivity index (χ4n) is 2.74. The Morgan fingerprint density at radius 1 is 1.14 bits per heavy atom. The molecule has 0 saturated carbocycles. The number of benzene rings is 2. The van der Waals surface area contributed by atoms with E-state index in [0.29, 0.717) is 5.11 Å². The van der Waals surface area contributed by atoms with Crippen LogP contribution in [-0.2, 0) is 0 Å². The van der Waals surface area contributed by atoms with Crippen LogP contribution < -0.4 is 5.73 Å². The highest BCUT2D eigenvalue weighted by Gasteiger charge is 2.30.